The Morgan fingerprint density at radius 3 is 2.64 bits per heavy atom. The number of thiophene rings is 1. The second-order valence-corrected chi connectivity index (χ2v) is 7.60. The van der Waals surface area contributed by atoms with Gasteiger partial charge in [0.1, 0.15) is 6.10 Å². The molecule has 154 valence electrons. The Kier molecular flexibility index (Phi) is 6.04. The van der Waals surface area contributed by atoms with Crippen LogP contribution in [0.4, 0.5) is 13.2 Å². The molecule has 2 aromatic rings. The molecule has 6 nitrogen and oxygen atoms in total. The van der Waals surface area contributed by atoms with Gasteiger partial charge in [0.25, 0.3) is 5.91 Å². The van der Waals surface area contributed by atoms with Gasteiger partial charge in [-0.3, -0.25) is 4.79 Å². The van der Waals surface area contributed by atoms with Gasteiger partial charge in [-0.05, 0) is 0 Å². The number of fused-ring (bicyclic) bond motifs is 3. The van der Waals surface area contributed by atoms with Crippen LogP contribution in [0, 0.1) is 0 Å². The molecular formula is C17H19ClF3N3O3S. The van der Waals surface area contributed by atoms with Crippen molar-refractivity contribution in [2.75, 3.05) is 20.3 Å². The molecule has 0 aromatic carbocycles. The smallest absolute Gasteiger partial charge is 0.418 e. The summed E-state index contributed by atoms with van der Waals surface area (Å²) in [6, 6.07) is 1.17. The number of alkyl halides is 3. The van der Waals surface area contributed by atoms with E-state index in [9.17, 15) is 18.0 Å². The van der Waals surface area contributed by atoms with Crippen LogP contribution in [0.15, 0.2) is 11.4 Å². The first-order valence-corrected chi connectivity index (χ1v) is 9.45. The number of carbonyl (C=O) groups is 1. The molecule has 2 fully saturated rings. The predicted molar refractivity (Wildman–Crippen MR) is 100 cm³/mol. The highest BCUT2D eigenvalue weighted by Crippen LogP contribution is 2.40. The Morgan fingerprint density at radius 1 is 1.36 bits per heavy atom. The molecule has 2 aromatic heterocycles. The number of halogens is 4. The third kappa shape index (κ3) is 4.05. The lowest BCUT2D eigenvalue weighted by atomic mass is 9.95. The first-order valence-electron chi connectivity index (χ1n) is 8.57. The van der Waals surface area contributed by atoms with Crippen LogP contribution in [-0.2, 0) is 10.9 Å². The normalized spacial score (nSPS) is 24.5. The fourth-order valence-electron chi connectivity index (χ4n) is 3.60. The van der Waals surface area contributed by atoms with Crippen molar-refractivity contribution in [3.05, 3.63) is 22.6 Å². The van der Waals surface area contributed by atoms with Crippen LogP contribution in [0.2, 0.25) is 0 Å². The number of ether oxygens (including phenoxy) is 2. The molecule has 0 spiro atoms. The minimum absolute atomic E-state index is 0. The van der Waals surface area contributed by atoms with E-state index in [-0.39, 0.29) is 52.3 Å². The van der Waals surface area contributed by atoms with Crippen LogP contribution in [0.1, 0.15) is 28.8 Å². The maximum Gasteiger partial charge on any atom is 0.418 e. The molecule has 2 saturated heterocycles. The third-order valence-corrected chi connectivity index (χ3v) is 5.77. The topological polar surface area (TPSA) is 72.5 Å². The van der Waals surface area contributed by atoms with Gasteiger partial charge in [0, 0.05) is 43.4 Å². The van der Waals surface area contributed by atoms with Crippen LogP contribution in [0.3, 0.4) is 0 Å². The highest BCUT2D eigenvalue weighted by molar-refractivity contribution is 7.17. The number of aromatic nitrogens is 1. The van der Waals surface area contributed by atoms with E-state index < -0.39 is 17.6 Å². The molecule has 0 radical (unpaired) electrons. The third-order valence-electron chi connectivity index (χ3n) is 4.77. The van der Waals surface area contributed by atoms with Gasteiger partial charge in [0.05, 0.1) is 34.6 Å². The molecule has 0 aliphatic carbocycles. The Labute approximate surface area is 169 Å². The number of carbonyl (C=O) groups excluding carboxylic acids is 1. The van der Waals surface area contributed by atoms with E-state index in [0.717, 1.165) is 17.4 Å². The number of nitrogens with one attached hydrogen (secondary N) is 2. The molecule has 1 amide bonds. The predicted octanol–water partition coefficient (Wildman–Crippen LogP) is 2.99. The summed E-state index contributed by atoms with van der Waals surface area (Å²) in [5, 5.41) is 7.22. The van der Waals surface area contributed by atoms with Crippen molar-refractivity contribution in [3.63, 3.8) is 0 Å². The van der Waals surface area contributed by atoms with Gasteiger partial charge in [-0.1, -0.05) is 0 Å². The van der Waals surface area contributed by atoms with E-state index in [1.165, 1.54) is 12.4 Å². The molecule has 4 rings (SSSR count). The molecule has 2 aliphatic rings. The monoisotopic (exact) mass is 437 g/mol. The van der Waals surface area contributed by atoms with Crippen LogP contribution in [0.25, 0.3) is 10.2 Å². The Balaban J connectivity index is 0.00000225. The molecule has 2 unspecified atom stereocenters. The zero-order valence-electron chi connectivity index (χ0n) is 14.8. The van der Waals surface area contributed by atoms with Gasteiger partial charge < -0.3 is 20.1 Å². The summed E-state index contributed by atoms with van der Waals surface area (Å²) in [4.78, 5) is 16.2. The first kappa shape index (κ1) is 21.1. The van der Waals surface area contributed by atoms with Crippen molar-refractivity contribution in [1.29, 1.82) is 0 Å². The average Bonchev–Trinajstić information content (AvgIpc) is 3.03. The number of nitrogens with zero attached hydrogens (tertiary/aromatic N) is 1. The lowest BCUT2D eigenvalue weighted by molar-refractivity contribution is -0.136. The minimum Gasteiger partial charge on any atom is -0.474 e. The van der Waals surface area contributed by atoms with E-state index in [2.05, 4.69) is 15.6 Å². The van der Waals surface area contributed by atoms with Crippen molar-refractivity contribution in [2.24, 2.45) is 0 Å². The van der Waals surface area contributed by atoms with Crippen molar-refractivity contribution in [1.82, 2.24) is 15.6 Å². The van der Waals surface area contributed by atoms with E-state index in [1.807, 2.05) is 0 Å². The first-order chi connectivity index (χ1) is 12.8. The standard InChI is InChI=1S/C17H18F3N3O3S.ClH/c1-21-16(24)11-7-27-15-12(17(18,19)20)4-13(23-14(11)15)26-10-2-8-5-25-6-9(3-10)22-8;/h4,7-10,22H,2-3,5-6H2,1H3,(H,21,24);1H. The average molecular weight is 438 g/mol. The van der Waals surface area contributed by atoms with Gasteiger partial charge in [-0.15, -0.1) is 23.7 Å². The Hall–Kier alpha value is -1.62. The number of amides is 1. The molecule has 4 heterocycles. The van der Waals surface area contributed by atoms with E-state index in [1.54, 1.807) is 0 Å². The maximum absolute atomic E-state index is 13.6. The molecule has 2 bridgehead atoms. The van der Waals surface area contributed by atoms with Crippen LogP contribution >= 0.6 is 23.7 Å². The van der Waals surface area contributed by atoms with Gasteiger partial charge in [0.2, 0.25) is 5.88 Å². The lowest BCUT2D eigenvalue weighted by Crippen LogP contribution is -2.56. The lowest BCUT2D eigenvalue weighted by Gasteiger charge is -2.39. The van der Waals surface area contributed by atoms with Crippen molar-refractivity contribution in [3.8, 4) is 5.88 Å². The SMILES string of the molecule is CNC(=O)c1csc2c(C(F)(F)F)cc(OC3CC4COCC(C3)N4)nc12.Cl. The summed E-state index contributed by atoms with van der Waals surface area (Å²) >= 11 is 0.854. The number of morpholine rings is 1. The molecule has 0 saturated carbocycles. The number of pyridine rings is 1. The van der Waals surface area contributed by atoms with Gasteiger partial charge >= 0.3 is 6.18 Å². The van der Waals surface area contributed by atoms with Crippen molar-refractivity contribution >= 4 is 39.9 Å². The van der Waals surface area contributed by atoms with Gasteiger partial charge in [0.15, 0.2) is 0 Å². The minimum atomic E-state index is -4.57. The maximum atomic E-state index is 13.6. The zero-order valence-corrected chi connectivity index (χ0v) is 16.5. The number of hydrogen-bond acceptors (Lipinski definition) is 6. The molecule has 2 atom stereocenters. The summed E-state index contributed by atoms with van der Waals surface area (Å²) in [6.45, 7) is 1.12. The number of rotatable bonds is 3. The van der Waals surface area contributed by atoms with E-state index >= 15 is 0 Å². The number of piperidine rings is 1. The molecular weight excluding hydrogens is 419 g/mol. The molecule has 28 heavy (non-hydrogen) atoms. The number of hydrogen-bond donors (Lipinski definition) is 2. The second kappa shape index (κ2) is 8.02. The molecule has 2 N–H and O–H groups in total. The fraction of sp³-hybridized carbons (Fsp3) is 0.529. The summed E-state index contributed by atoms with van der Waals surface area (Å²) in [5.41, 5.74) is -0.703. The second-order valence-electron chi connectivity index (χ2n) is 6.72. The fourth-order valence-corrected chi connectivity index (χ4v) is 4.63. The van der Waals surface area contributed by atoms with Crippen molar-refractivity contribution in [2.45, 2.75) is 37.2 Å². The highest BCUT2D eigenvalue weighted by atomic mass is 35.5. The summed E-state index contributed by atoms with van der Waals surface area (Å²) < 4.78 is 51.9. The quantitative estimate of drug-likeness (QED) is 0.772. The van der Waals surface area contributed by atoms with E-state index in [4.69, 9.17) is 9.47 Å². The van der Waals surface area contributed by atoms with Crippen LogP contribution in [0.5, 0.6) is 5.88 Å². The Morgan fingerprint density at radius 2 is 2.04 bits per heavy atom. The summed E-state index contributed by atoms with van der Waals surface area (Å²) in [6.07, 6.45) is -3.56. The largest absolute Gasteiger partial charge is 0.474 e. The summed E-state index contributed by atoms with van der Waals surface area (Å²) in [5.74, 6) is -0.586. The highest BCUT2D eigenvalue weighted by Gasteiger charge is 2.37. The zero-order chi connectivity index (χ0) is 19.2. The summed E-state index contributed by atoms with van der Waals surface area (Å²) in [7, 11) is 1.42. The van der Waals surface area contributed by atoms with E-state index in [0.29, 0.717) is 26.1 Å². The van der Waals surface area contributed by atoms with Crippen LogP contribution < -0.4 is 15.4 Å². The molecule has 2 aliphatic heterocycles. The van der Waals surface area contributed by atoms with Crippen molar-refractivity contribution < 1.29 is 27.4 Å². The van der Waals surface area contributed by atoms with Gasteiger partial charge in [-0.25, -0.2) is 4.98 Å². The van der Waals surface area contributed by atoms with Crippen LogP contribution in [-0.4, -0.2) is 49.3 Å². The van der Waals surface area contributed by atoms with Gasteiger partial charge in [-0.2, -0.15) is 13.2 Å². The Bertz CT molecular complexity index is 864. The molecule has 11 heteroatoms.